The molecule has 0 N–H and O–H groups in total. The Balaban J connectivity index is 1.97. The number of benzene rings is 3. The van der Waals surface area contributed by atoms with Crippen LogP contribution < -0.4 is 0 Å². The second kappa shape index (κ2) is 12.1. The first kappa shape index (κ1) is 22.0. The average Bonchev–Trinajstić information content (AvgIpc) is 2.82. The highest BCUT2D eigenvalue weighted by molar-refractivity contribution is 7.84. The summed E-state index contributed by atoms with van der Waals surface area (Å²) in [5.41, 5.74) is 3.79. The highest BCUT2D eigenvalue weighted by Gasteiger charge is 2.28. The van der Waals surface area contributed by atoms with Crippen LogP contribution in [-0.2, 0) is 0 Å². The Hall–Kier alpha value is -2.69. The zero-order chi connectivity index (χ0) is 20.9. The smallest absolute Gasteiger partial charge is 0.0654 e. The molecule has 0 spiro atoms. The van der Waals surface area contributed by atoms with Gasteiger partial charge in [-0.05, 0) is 41.3 Å². The molecule has 152 valence electrons. The highest BCUT2D eigenvalue weighted by atomic mass is 31.2. The van der Waals surface area contributed by atoms with E-state index in [0.717, 1.165) is 0 Å². The van der Waals surface area contributed by atoms with Crippen LogP contribution in [-0.4, -0.2) is 6.16 Å². The van der Waals surface area contributed by atoms with Crippen LogP contribution in [0.1, 0.15) is 42.9 Å². The lowest BCUT2D eigenvalue weighted by molar-refractivity contribution is 0.776. The van der Waals surface area contributed by atoms with Gasteiger partial charge in [0.2, 0.25) is 0 Å². The van der Waals surface area contributed by atoms with Crippen LogP contribution in [0.3, 0.4) is 0 Å². The molecule has 0 aliphatic heterocycles. The molecular weight excluding hydrogens is 379 g/mol. The maximum absolute atomic E-state index is 2.48. The molecule has 3 aromatic rings. The summed E-state index contributed by atoms with van der Waals surface area (Å²) in [7, 11) is -1.56. The third-order valence-electron chi connectivity index (χ3n) is 5.18. The summed E-state index contributed by atoms with van der Waals surface area (Å²) < 4.78 is 0. The van der Waals surface area contributed by atoms with Crippen molar-refractivity contribution in [3.05, 3.63) is 125 Å². The Morgan fingerprint density at radius 1 is 0.533 bits per heavy atom. The molecule has 0 radical (unpaired) electrons. The molecule has 0 saturated heterocycles. The summed E-state index contributed by atoms with van der Waals surface area (Å²) in [6.45, 7) is 2.28. The van der Waals surface area contributed by atoms with Crippen molar-refractivity contribution in [2.45, 2.75) is 26.2 Å². The van der Waals surface area contributed by atoms with Crippen molar-refractivity contribution in [1.29, 1.82) is 0 Å². The fourth-order valence-corrected chi connectivity index (χ4v) is 6.24. The minimum Gasteiger partial charge on any atom is -0.0654 e. The van der Waals surface area contributed by atoms with Crippen molar-refractivity contribution in [3.63, 3.8) is 0 Å². The van der Waals surface area contributed by atoms with E-state index in [9.17, 15) is 0 Å². The van der Waals surface area contributed by atoms with E-state index in [4.69, 9.17) is 0 Å². The van der Waals surface area contributed by atoms with Crippen molar-refractivity contribution >= 4 is 25.5 Å². The molecule has 0 saturated carbocycles. The molecule has 0 atom stereocenters. The van der Waals surface area contributed by atoms with Gasteiger partial charge in [0.15, 0.2) is 0 Å². The quantitative estimate of drug-likeness (QED) is 0.230. The van der Waals surface area contributed by atoms with Gasteiger partial charge in [0.1, 0.15) is 0 Å². The van der Waals surface area contributed by atoms with Gasteiger partial charge in [0.25, 0.3) is 0 Å². The van der Waals surface area contributed by atoms with E-state index in [1.165, 1.54) is 42.1 Å². The number of unbranched alkanes of at least 4 members (excludes halogenated alkanes) is 2. The predicted molar refractivity (Wildman–Crippen MR) is 138 cm³/mol. The molecule has 0 nitrogen and oxygen atoms in total. The Morgan fingerprint density at radius 3 is 1.23 bits per heavy atom. The van der Waals surface area contributed by atoms with E-state index in [-0.39, 0.29) is 0 Å². The van der Waals surface area contributed by atoms with Gasteiger partial charge in [-0.1, -0.05) is 111 Å². The predicted octanol–water partition coefficient (Wildman–Crippen LogP) is 9.21. The fraction of sp³-hybridized carbons (Fsp3) is 0.172. The van der Waals surface area contributed by atoms with Crippen LogP contribution in [0.25, 0.3) is 18.2 Å². The third kappa shape index (κ3) is 7.29. The second-order valence-corrected chi connectivity index (χ2v) is 10.9. The van der Waals surface area contributed by atoms with Crippen molar-refractivity contribution in [3.8, 4) is 0 Å². The Kier molecular flexibility index (Phi) is 8.88. The van der Waals surface area contributed by atoms with Crippen LogP contribution in [0.5, 0.6) is 0 Å². The Bertz CT molecular complexity index is 817. The maximum atomic E-state index is 2.48. The largest absolute Gasteiger partial charge is 0.0892 e. The van der Waals surface area contributed by atoms with Crippen LogP contribution in [0, 0.1) is 0 Å². The van der Waals surface area contributed by atoms with Gasteiger partial charge in [-0.3, -0.25) is 0 Å². The Labute approximate surface area is 183 Å². The van der Waals surface area contributed by atoms with Gasteiger partial charge in [-0.25, -0.2) is 0 Å². The molecule has 3 rings (SSSR count). The van der Waals surface area contributed by atoms with Gasteiger partial charge in [-0.2, -0.15) is 0 Å². The van der Waals surface area contributed by atoms with Crippen LogP contribution >= 0.6 is 7.26 Å². The molecule has 0 amide bonds. The summed E-state index contributed by atoms with van der Waals surface area (Å²) in [6.07, 6.45) is 11.9. The monoisotopic (exact) mass is 411 g/mol. The number of rotatable bonds is 10. The lowest BCUT2D eigenvalue weighted by Gasteiger charge is -2.16. The molecule has 0 aliphatic rings. The van der Waals surface area contributed by atoms with E-state index in [1.807, 2.05) is 0 Å². The lowest BCUT2D eigenvalue weighted by atomic mass is 10.2. The minimum absolute atomic E-state index is 1.21. The molecule has 0 aromatic heterocycles. The highest BCUT2D eigenvalue weighted by Crippen LogP contribution is 2.65. The topological polar surface area (TPSA) is 0 Å². The SMILES string of the molecule is CCCCC[P+](/C=C/c1ccccc1)(/C=C/c1ccccc1)/C=C/c1ccccc1. The van der Waals surface area contributed by atoms with E-state index < -0.39 is 7.26 Å². The average molecular weight is 412 g/mol. The van der Waals surface area contributed by atoms with E-state index >= 15 is 0 Å². The molecule has 0 fully saturated rings. The minimum atomic E-state index is -1.56. The van der Waals surface area contributed by atoms with Crippen molar-refractivity contribution in [1.82, 2.24) is 0 Å². The van der Waals surface area contributed by atoms with E-state index in [1.54, 1.807) is 0 Å². The normalized spacial score (nSPS) is 12.3. The summed E-state index contributed by atoms with van der Waals surface area (Å²) in [5.74, 6) is 7.45. The van der Waals surface area contributed by atoms with Gasteiger partial charge in [-0.15, -0.1) is 0 Å². The standard InChI is InChI=1S/C29H32P/c1-2-3-13-23-30(24-20-27-14-7-4-8-15-27,25-21-28-16-9-5-10-17-28)26-22-29-18-11-6-12-19-29/h4-12,14-22,24-26H,2-3,13,23H2,1H3/q+1/b24-20+,25-21+,26-22+. The third-order valence-corrected chi connectivity index (χ3v) is 8.38. The first-order valence-corrected chi connectivity index (χ1v) is 13.1. The molecule has 0 unspecified atom stereocenters. The van der Waals surface area contributed by atoms with Gasteiger partial charge >= 0.3 is 0 Å². The molecule has 0 bridgehead atoms. The number of hydrogen-bond acceptors (Lipinski definition) is 0. The van der Waals surface area contributed by atoms with E-state index in [2.05, 4.69) is 134 Å². The Morgan fingerprint density at radius 2 is 0.900 bits per heavy atom. The van der Waals surface area contributed by atoms with Crippen molar-refractivity contribution in [2.75, 3.05) is 6.16 Å². The molecule has 3 aromatic carbocycles. The summed E-state index contributed by atoms with van der Waals surface area (Å²) in [4.78, 5) is 0. The second-order valence-electron chi connectivity index (χ2n) is 7.60. The molecule has 0 aliphatic carbocycles. The van der Waals surface area contributed by atoms with Crippen molar-refractivity contribution < 1.29 is 0 Å². The summed E-state index contributed by atoms with van der Waals surface area (Å²) in [5, 5.41) is 0. The van der Waals surface area contributed by atoms with E-state index in [0.29, 0.717) is 0 Å². The van der Waals surface area contributed by atoms with Crippen LogP contribution in [0.4, 0.5) is 0 Å². The fourth-order valence-electron chi connectivity index (χ4n) is 3.38. The first-order chi connectivity index (χ1) is 14.8. The van der Waals surface area contributed by atoms with Gasteiger partial charge in [0, 0.05) is 0 Å². The first-order valence-electron chi connectivity index (χ1n) is 10.9. The maximum Gasteiger partial charge on any atom is 0.0892 e. The molecule has 0 heterocycles. The zero-order valence-electron chi connectivity index (χ0n) is 17.9. The van der Waals surface area contributed by atoms with Crippen LogP contribution in [0.15, 0.2) is 108 Å². The summed E-state index contributed by atoms with van der Waals surface area (Å²) in [6, 6.07) is 31.9. The van der Waals surface area contributed by atoms with Gasteiger partial charge < -0.3 is 0 Å². The zero-order valence-corrected chi connectivity index (χ0v) is 18.8. The van der Waals surface area contributed by atoms with Crippen molar-refractivity contribution in [2.24, 2.45) is 0 Å². The number of hydrogen-bond donors (Lipinski definition) is 0. The summed E-state index contributed by atoms with van der Waals surface area (Å²) >= 11 is 0. The van der Waals surface area contributed by atoms with Crippen LogP contribution in [0.2, 0.25) is 0 Å². The lowest BCUT2D eigenvalue weighted by Crippen LogP contribution is -1.92. The molecular formula is C29H32P+. The molecule has 30 heavy (non-hydrogen) atoms. The molecule has 1 heteroatoms. The van der Waals surface area contributed by atoms with Gasteiger partial charge in [0.05, 0.1) is 30.9 Å².